The van der Waals surface area contributed by atoms with E-state index in [-0.39, 0.29) is 24.0 Å². The number of ether oxygens (including phenoxy) is 2. The van der Waals surface area contributed by atoms with E-state index in [1.165, 1.54) is 5.56 Å². The summed E-state index contributed by atoms with van der Waals surface area (Å²) in [4.78, 5) is 28.2. The van der Waals surface area contributed by atoms with Crippen LogP contribution in [0.1, 0.15) is 50.5 Å². The summed E-state index contributed by atoms with van der Waals surface area (Å²) in [7, 11) is 0. The summed E-state index contributed by atoms with van der Waals surface area (Å²) < 4.78 is 11.4. The third-order valence-electron chi connectivity index (χ3n) is 6.03. The molecule has 1 aromatic carbocycles. The second-order valence-corrected chi connectivity index (χ2v) is 8.11. The summed E-state index contributed by atoms with van der Waals surface area (Å²) in [5.74, 6) is 0.932. The van der Waals surface area contributed by atoms with E-state index in [2.05, 4.69) is 17.0 Å². The van der Waals surface area contributed by atoms with Gasteiger partial charge in [-0.05, 0) is 49.8 Å². The van der Waals surface area contributed by atoms with E-state index in [0.29, 0.717) is 25.9 Å². The molecule has 1 aromatic rings. The van der Waals surface area contributed by atoms with Gasteiger partial charge >= 0.3 is 0 Å². The van der Waals surface area contributed by atoms with E-state index in [0.717, 1.165) is 57.7 Å². The number of hydrogen-bond donors (Lipinski definition) is 0. The van der Waals surface area contributed by atoms with Gasteiger partial charge in [0.2, 0.25) is 11.8 Å². The van der Waals surface area contributed by atoms with Crippen LogP contribution >= 0.6 is 0 Å². The molecule has 6 nitrogen and oxygen atoms in total. The zero-order valence-corrected chi connectivity index (χ0v) is 16.5. The van der Waals surface area contributed by atoms with Gasteiger partial charge in [-0.3, -0.25) is 19.4 Å². The molecule has 3 fully saturated rings. The Morgan fingerprint density at radius 2 is 1.68 bits per heavy atom. The highest BCUT2D eigenvalue weighted by Gasteiger charge is 2.34. The van der Waals surface area contributed by atoms with Crippen LogP contribution in [0.4, 0.5) is 0 Å². The van der Waals surface area contributed by atoms with Crippen molar-refractivity contribution in [2.75, 3.05) is 26.3 Å². The minimum atomic E-state index is 0.0216. The highest BCUT2D eigenvalue weighted by molar-refractivity contribution is 5.97. The maximum atomic E-state index is 12.1. The highest BCUT2D eigenvalue weighted by Crippen LogP contribution is 2.24. The molecular weight excluding hydrogens is 356 g/mol. The molecule has 0 N–H and O–H groups in total. The van der Waals surface area contributed by atoms with Crippen LogP contribution in [0.5, 0.6) is 5.75 Å². The standard InChI is InChI=1S/C22H30N2O4/c25-21-4-1-5-22(26)24(21)18-10-12-23(13-11-18)15-17-6-8-19(9-7-17)28-16-20-3-2-14-27-20/h6-9,18,20H,1-5,10-16H2. The van der Waals surface area contributed by atoms with E-state index in [1.54, 1.807) is 4.90 Å². The summed E-state index contributed by atoms with van der Waals surface area (Å²) >= 11 is 0. The van der Waals surface area contributed by atoms with Crippen molar-refractivity contribution < 1.29 is 19.1 Å². The molecule has 3 aliphatic heterocycles. The molecule has 0 radical (unpaired) electrons. The van der Waals surface area contributed by atoms with Crippen molar-refractivity contribution in [1.82, 2.24) is 9.80 Å². The first-order chi connectivity index (χ1) is 13.7. The number of nitrogens with zero attached hydrogens (tertiary/aromatic N) is 2. The lowest BCUT2D eigenvalue weighted by Crippen LogP contribution is -2.51. The van der Waals surface area contributed by atoms with Crippen molar-refractivity contribution in [3.05, 3.63) is 29.8 Å². The molecular formula is C22H30N2O4. The van der Waals surface area contributed by atoms with Crippen LogP contribution in [0.3, 0.4) is 0 Å². The van der Waals surface area contributed by atoms with Gasteiger partial charge in [0.05, 0.1) is 6.10 Å². The topological polar surface area (TPSA) is 59.1 Å². The van der Waals surface area contributed by atoms with Gasteiger partial charge in [-0.15, -0.1) is 0 Å². The molecule has 0 aromatic heterocycles. The molecule has 3 heterocycles. The lowest BCUT2D eigenvalue weighted by Gasteiger charge is -2.39. The average molecular weight is 386 g/mol. The Labute approximate surface area is 166 Å². The van der Waals surface area contributed by atoms with Crippen molar-refractivity contribution in [3.63, 3.8) is 0 Å². The van der Waals surface area contributed by atoms with Crippen molar-refractivity contribution in [2.45, 2.75) is 63.6 Å². The molecule has 0 bridgehead atoms. The molecule has 4 rings (SSSR count). The van der Waals surface area contributed by atoms with Gasteiger partial charge in [-0.1, -0.05) is 12.1 Å². The Morgan fingerprint density at radius 1 is 0.964 bits per heavy atom. The summed E-state index contributed by atoms with van der Waals surface area (Å²) in [6, 6.07) is 8.39. The maximum absolute atomic E-state index is 12.1. The van der Waals surface area contributed by atoms with Gasteiger partial charge in [0, 0.05) is 45.1 Å². The molecule has 3 aliphatic rings. The largest absolute Gasteiger partial charge is 0.491 e. The van der Waals surface area contributed by atoms with Gasteiger partial charge in [-0.2, -0.15) is 0 Å². The molecule has 1 unspecified atom stereocenters. The fourth-order valence-electron chi connectivity index (χ4n) is 4.43. The Bertz CT molecular complexity index is 660. The number of imide groups is 1. The minimum absolute atomic E-state index is 0.0216. The number of piperidine rings is 2. The van der Waals surface area contributed by atoms with Crippen LogP contribution < -0.4 is 4.74 Å². The van der Waals surface area contributed by atoms with Gasteiger partial charge in [0.15, 0.2) is 0 Å². The fraction of sp³-hybridized carbons (Fsp3) is 0.636. The molecule has 152 valence electrons. The summed E-state index contributed by atoms with van der Waals surface area (Å²) in [5.41, 5.74) is 1.26. The van der Waals surface area contributed by atoms with E-state index >= 15 is 0 Å². The van der Waals surface area contributed by atoms with Crippen LogP contribution in [-0.2, 0) is 20.9 Å². The van der Waals surface area contributed by atoms with Crippen molar-refractivity contribution in [2.24, 2.45) is 0 Å². The normalized spacial score (nSPS) is 24.7. The monoisotopic (exact) mass is 386 g/mol. The van der Waals surface area contributed by atoms with E-state index < -0.39 is 0 Å². The zero-order valence-electron chi connectivity index (χ0n) is 16.5. The zero-order chi connectivity index (χ0) is 19.3. The van der Waals surface area contributed by atoms with Crippen LogP contribution in [0.2, 0.25) is 0 Å². The number of rotatable bonds is 6. The van der Waals surface area contributed by atoms with Crippen molar-refractivity contribution in [3.8, 4) is 5.75 Å². The number of carbonyl (C=O) groups excluding carboxylic acids is 2. The fourth-order valence-corrected chi connectivity index (χ4v) is 4.43. The number of amides is 2. The first kappa shape index (κ1) is 19.4. The molecule has 0 saturated carbocycles. The Kier molecular flexibility index (Phi) is 6.27. The summed E-state index contributed by atoms with van der Waals surface area (Å²) in [6.07, 6.45) is 5.95. The molecule has 3 saturated heterocycles. The van der Waals surface area contributed by atoms with E-state index in [4.69, 9.17) is 9.47 Å². The Hall–Kier alpha value is -1.92. The first-order valence-electron chi connectivity index (χ1n) is 10.6. The van der Waals surface area contributed by atoms with Crippen LogP contribution in [-0.4, -0.2) is 60.1 Å². The quantitative estimate of drug-likeness (QED) is 0.704. The highest BCUT2D eigenvalue weighted by atomic mass is 16.5. The second-order valence-electron chi connectivity index (χ2n) is 8.11. The molecule has 0 spiro atoms. The van der Waals surface area contributed by atoms with Crippen molar-refractivity contribution >= 4 is 11.8 Å². The smallest absolute Gasteiger partial charge is 0.229 e. The predicted octanol–water partition coefficient (Wildman–Crippen LogP) is 2.75. The number of hydrogen-bond acceptors (Lipinski definition) is 5. The van der Waals surface area contributed by atoms with Gasteiger partial charge in [0.1, 0.15) is 12.4 Å². The Balaban J connectivity index is 1.23. The SMILES string of the molecule is O=C1CCCC(=O)N1C1CCN(Cc2ccc(OCC3CCCO3)cc2)CC1. The minimum Gasteiger partial charge on any atom is -0.491 e. The molecule has 2 amide bonds. The van der Waals surface area contributed by atoms with Gasteiger partial charge in [-0.25, -0.2) is 0 Å². The third-order valence-corrected chi connectivity index (χ3v) is 6.03. The summed E-state index contributed by atoms with van der Waals surface area (Å²) in [6.45, 7) is 4.20. The number of carbonyl (C=O) groups is 2. The maximum Gasteiger partial charge on any atom is 0.229 e. The van der Waals surface area contributed by atoms with Gasteiger partial charge in [0.25, 0.3) is 0 Å². The summed E-state index contributed by atoms with van der Waals surface area (Å²) in [5, 5.41) is 0. The lowest BCUT2D eigenvalue weighted by molar-refractivity contribution is -0.152. The lowest BCUT2D eigenvalue weighted by atomic mass is 9.98. The van der Waals surface area contributed by atoms with Gasteiger partial charge < -0.3 is 9.47 Å². The first-order valence-corrected chi connectivity index (χ1v) is 10.6. The predicted molar refractivity (Wildman–Crippen MR) is 105 cm³/mol. The van der Waals surface area contributed by atoms with E-state index in [1.807, 2.05) is 12.1 Å². The third kappa shape index (κ3) is 4.73. The van der Waals surface area contributed by atoms with Crippen LogP contribution in [0.15, 0.2) is 24.3 Å². The van der Waals surface area contributed by atoms with Crippen LogP contribution in [0, 0.1) is 0 Å². The second kappa shape index (κ2) is 9.05. The van der Waals surface area contributed by atoms with Crippen molar-refractivity contribution in [1.29, 1.82) is 0 Å². The Morgan fingerprint density at radius 3 is 2.32 bits per heavy atom. The van der Waals surface area contributed by atoms with Crippen LogP contribution in [0.25, 0.3) is 0 Å². The molecule has 0 aliphatic carbocycles. The molecule has 1 atom stereocenters. The average Bonchev–Trinajstić information content (AvgIpc) is 3.22. The van der Waals surface area contributed by atoms with E-state index in [9.17, 15) is 9.59 Å². The molecule has 28 heavy (non-hydrogen) atoms. The molecule has 6 heteroatoms. The number of likely N-dealkylation sites (tertiary alicyclic amines) is 2. The number of benzene rings is 1.